The molecule has 0 N–H and O–H groups in total. The number of Topliss-reactive ketones (excluding diaryl/α,β-unsaturated/α-hetero) is 1. The number of benzene rings is 1. The van der Waals surface area contributed by atoms with E-state index in [-0.39, 0.29) is 23.1 Å². The van der Waals surface area contributed by atoms with Crippen molar-refractivity contribution >= 4 is 11.8 Å². The Morgan fingerprint density at radius 1 is 1.33 bits per heavy atom. The van der Waals surface area contributed by atoms with Crippen molar-refractivity contribution in [3.8, 4) is 5.75 Å². The first-order valence-corrected chi connectivity index (χ1v) is 8.98. The molecule has 3 aliphatic carbocycles. The van der Waals surface area contributed by atoms with E-state index in [9.17, 15) is 9.59 Å². The molecule has 1 heterocycles. The van der Waals surface area contributed by atoms with Crippen LogP contribution in [0.2, 0.25) is 0 Å². The van der Waals surface area contributed by atoms with Gasteiger partial charge in [-0.05, 0) is 67.7 Å². The standard InChI is InChI=1S/C20H22O4/c1-11(21)23-13-4-5-14-12(9-13)3-6-16-15(14)7-8-19(2)17(22)10-18-20(16,19)24-18/h4-5,9,15-16,18H,3,6-8,10H2,1-2H3/t15-,16-,18+,19-,20+/m1/s1. The number of aryl methyl sites for hydroxylation is 1. The molecule has 2 saturated carbocycles. The molecule has 4 heteroatoms. The Morgan fingerprint density at radius 2 is 2.17 bits per heavy atom. The van der Waals surface area contributed by atoms with Crippen molar-refractivity contribution in [3.05, 3.63) is 29.3 Å². The highest BCUT2D eigenvalue weighted by molar-refractivity contribution is 5.91. The first-order chi connectivity index (χ1) is 11.5. The summed E-state index contributed by atoms with van der Waals surface area (Å²) in [5.41, 5.74) is 2.19. The largest absolute Gasteiger partial charge is 0.427 e. The molecule has 4 nitrogen and oxygen atoms in total. The van der Waals surface area contributed by atoms with Crippen LogP contribution in [0.5, 0.6) is 5.75 Å². The van der Waals surface area contributed by atoms with Gasteiger partial charge in [-0.15, -0.1) is 0 Å². The molecule has 0 bridgehead atoms. The van der Waals surface area contributed by atoms with E-state index in [0.717, 1.165) is 25.7 Å². The summed E-state index contributed by atoms with van der Waals surface area (Å²) in [5, 5.41) is 0. The fourth-order valence-corrected chi connectivity index (χ4v) is 5.99. The Kier molecular flexibility index (Phi) is 2.73. The van der Waals surface area contributed by atoms with Crippen molar-refractivity contribution in [2.45, 2.75) is 63.6 Å². The van der Waals surface area contributed by atoms with Gasteiger partial charge in [0.05, 0.1) is 11.5 Å². The number of hydrogen-bond donors (Lipinski definition) is 0. The normalized spacial score (nSPS) is 41.8. The topological polar surface area (TPSA) is 55.9 Å². The summed E-state index contributed by atoms with van der Waals surface area (Å²) in [7, 11) is 0. The van der Waals surface area contributed by atoms with Crippen molar-refractivity contribution in [3.63, 3.8) is 0 Å². The zero-order chi connectivity index (χ0) is 16.7. The zero-order valence-electron chi connectivity index (χ0n) is 14.1. The van der Waals surface area contributed by atoms with Crippen molar-refractivity contribution < 1.29 is 19.1 Å². The van der Waals surface area contributed by atoms with Gasteiger partial charge in [0, 0.05) is 13.3 Å². The highest BCUT2D eigenvalue weighted by Gasteiger charge is 2.79. The van der Waals surface area contributed by atoms with E-state index < -0.39 is 0 Å². The van der Waals surface area contributed by atoms with Crippen LogP contribution < -0.4 is 4.74 Å². The summed E-state index contributed by atoms with van der Waals surface area (Å²) in [6, 6.07) is 6.04. The first-order valence-electron chi connectivity index (χ1n) is 8.98. The van der Waals surface area contributed by atoms with Crippen LogP contribution in [0.25, 0.3) is 0 Å². The van der Waals surface area contributed by atoms with Gasteiger partial charge in [-0.1, -0.05) is 6.07 Å². The van der Waals surface area contributed by atoms with Gasteiger partial charge in [0.15, 0.2) is 0 Å². The average Bonchev–Trinajstić information content (AvgIpc) is 3.19. The summed E-state index contributed by atoms with van der Waals surface area (Å²) in [5.74, 6) is 1.67. The molecule has 0 radical (unpaired) electrons. The fourth-order valence-electron chi connectivity index (χ4n) is 5.99. The van der Waals surface area contributed by atoms with E-state index in [2.05, 4.69) is 13.0 Å². The van der Waals surface area contributed by atoms with E-state index in [1.807, 2.05) is 12.1 Å². The van der Waals surface area contributed by atoms with Crippen LogP contribution in [0.1, 0.15) is 56.6 Å². The number of hydrogen-bond acceptors (Lipinski definition) is 4. The molecule has 5 rings (SSSR count). The van der Waals surface area contributed by atoms with Gasteiger partial charge >= 0.3 is 5.97 Å². The van der Waals surface area contributed by atoms with Gasteiger partial charge in [-0.25, -0.2) is 0 Å². The Balaban J connectivity index is 1.51. The predicted octanol–water partition coefficient (Wildman–Crippen LogP) is 3.17. The third-order valence-electron chi connectivity index (χ3n) is 7.10. The SMILES string of the molecule is CC(=O)Oc1ccc2c(c1)CC[C@@H]1[C@@H]2CC[C@]2(C)C(=O)C[C@@H]3O[C@]312. The minimum atomic E-state index is -0.283. The molecule has 0 unspecified atom stereocenters. The summed E-state index contributed by atoms with van der Waals surface area (Å²) in [6.45, 7) is 3.57. The number of esters is 1. The van der Waals surface area contributed by atoms with E-state index in [4.69, 9.17) is 9.47 Å². The van der Waals surface area contributed by atoms with Gasteiger partial charge < -0.3 is 9.47 Å². The van der Waals surface area contributed by atoms with Crippen molar-refractivity contribution in [1.29, 1.82) is 0 Å². The minimum absolute atomic E-state index is 0.157. The second kappa shape index (κ2) is 4.48. The lowest BCUT2D eigenvalue weighted by Crippen LogP contribution is -2.51. The molecule has 5 atom stereocenters. The van der Waals surface area contributed by atoms with Crippen molar-refractivity contribution in [1.82, 2.24) is 0 Å². The van der Waals surface area contributed by atoms with Gasteiger partial charge in [0.25, 0.3) is 0 Å². The third-order valence-corrected chi connectivity index (χ3v) is 7.10. The quantitative estimate of drug-likeness (QED) is 0.452. The number of carbonyl (C=O) groups is 2. The van der Waals surface area contributed by atoms with Crippen LogP contribution in [-0.4, -0.2) is 23.5 Å². The molecule has 4 aliphatic rings. The Hall–Kier alpha value is -1.68. The van der Waals surface area contributed by atoms with Crippen LogP contribution in [0.3, 0.4) is 0 Å². The van der Waals surface area contributed by atoms with Crippen molar-refractivity contribution in [2.24, 2.45) is 11.3 Å². The molecule has 0 amide bonds. The van der Waals surface area contributed by atoms with E-state index >= 15 is 0 Å². The zero-order valence-corrected chi connectivity index (χ0v) is 14.1. The number of epoxide rings is 1. The van der Waals surface area contributed by atoms with Gasteiger partial charge in [-0.3, -0.25) is 9.59 Å². The summed E-state index contributed by atoms with van der Waals surface area (Å²) in [6.07, 6.45) is 4.76. The Bertz CT molecular complexity index is 769. The highest BCUT2D eigenvalue weighted by atomic mass is 16.6. The maximum atomic E-state index is 12.5. The minimum Gasteiger partial charge on any atom is -0.427 e. The number of ketones is 1. The molecule has 1 aromatic carbocycles. The van der Waals surface area contributed by atoms with E-state index in [1.165, 1.54) is 18.1 Å². The lowest BCUT2D eigenvalue weighted by atomic mass is 9.55. The Morgan fingerprint density at radius 3 is 2.96 bits per heavy atom. The smallest absolute Gasteiger partial charge is 0.308 e. The monoisotopic (exact) mass is 326 g/mol. The number of carbonyl (C=O) groups excluding carboxylic acids is 2. The fraction of sp³-hybridized carbons (Fsp3) is 0.600. The molecular formula is C20H22O4. The molecule has 1 aliphatic heterocycles. The molecule has 0 aromatic heterocycles. The molecule has 126 valence electrons. The average molecular weight is 326 g/mol. The highest BCUT2D eigenvalue weighted by Crippen LogP contribution is 2.71. The molecule has 1 aromatic rings. The molecule has 1 spiro atoms. The second-order valence-electron chi connectivity index (χ2n) is 8.10. The van der Waals surface area contributed by atoms with Gasteiger partial charge in [0.1, 0.15) is 17.1 Å². The van der Waals surface area contributed by atoms with Crippen LogP contribution >= 0.6 is 0 Å². The number of ether oxygens (including phenoxy) is 2. The predicted molar refractivity (Wildman–Crippen MR) is 86.9 cm³/mol. The van der Waals surface area contributed by atoms with Crippen molar-refractivity contribution in [2.75, 3.05) is 0 Å². The molecular weight excluding hydrogens is 304 g/mol. The molecule has 1 saturated heterocycles. The lowest BCUT2D eigenvalue weighted by molar-refractivity contribution is -0.136. The maximum Gasteiger partial charge on any atom is 0.308 e. The second-order valence-corrected chi connectivity index (χ2v) is 8.10. The van der Waals surface area contributed by atoms with Gasteiger partial charge in [0.2, 0.25) is 0 Å². The van der Waals surface area contributed by atoms with Gasteiger partial charge in [-0.2, -0.15) is 0 Å². The number of fused-ring (bicyclic) bond motifs is 3. The van der Waals surface area contributed by atoms with Crippen LogP contribution in [0.4, 0.5) is 0 Å². The third kappa shape index (κ3) is 1.62. The van der Waals surface area contributed by atoms with Crippen LogP contribution in [0, 0.1) is 11.3 Å². The molecule has 3 fully saturated rings. The van der Waals surface area contributed by atoms with Crippen LogP contribution in [0.15, 0.2) is 18.2 Å². The molecule has 24 heavy (non-hydrogen) atoms. The van der Waals surface area contributed by atoms with E-state index in [0.29, 0.717) is 29.8 Å². The summed E-state index contributed by atoms with van der Waals surface area (Å²) in [4.78, 5) is 23.7. The maximum absolute atomic E-state index is 12.5. The Labute approximate surface area is 141 Å². The first kappa shape index (κ1) is 14.6. The number of rotatable bonds is 1. The summed E-state index contributed by atoms with van der Waals surface area (Å²) < 4.78 is 11.4. The van der Waals surface area contributed by atoms with Crippen LogP contribution in [-0.2, 0) is 20.7 Å². The summed E-state index contributed by atoms with van der Waals surface area (Å²) >= 11 is 0. The van der Waals surface area contributed by atoms with E-state index in [1.54, 1.807) is 0 Å². The lowest BCUT2D eigenvalue weighted by Gasteiger charge is -2.48.